The molecule has 1 unspecified atom stereocenters. The Morgan fingerprint density at radius 3 is 2.81 bits per heavy atom. The van der Waals surface area contributed by atoms with Crippen LogP contribution in [0.1, 0.15) is 16.6 Å². The van der Waals surface area contributed by atoms with E-state index in [0.29, 0.717) is 9.21 Å². The number of Topliss-reactive ketones (excluding diaryl/α,β-unsaturated/α-hetero) is 1. The lowest BCUT2D eigenvalue weighted by Gasteiger charge is -2.09. The van der Waals surface area contributed by atoms with E-state index in [0.717, 1.165) is 15.9 Å². The van der Waals surface area contributed by atoms with Gasteiger partial charge in [-0.15, -0.1) is 11.3 Å². The van der Waals surface area contributed by atoms with E-state index in [9.17, 15) is 4.79 Å². The molecule has 1 aromatic carbocycles. The molecule has 0 spiro atoms. The van der Waals surface area contributed by atoms with Crippen LogP contribution in [0.2, 0.25) is 4.34 Å². The number of ketones is 1. The highest BCUT2D eigenvalue weighted by Crippen LogP contribution is 2.31. The van der Waals surface area contributed by atoms with Crippen molar-refractivity contribution in [2.75, 3.05) is 0 Å². The van der Waals surface area contributed by atoms with E-state index in [1.807, 2.05) is 31.2 Å². The zero-order valence-electron chi connectivity index (χ0n) is 11.1. The molecule has 3 aromatic rings. The average molecular weight is 335 g/mol. The van der Waals surface area contributed by atoms with Crippen LogP contribution in [0.4, 0.5) is 0 Å². The number of nitrogens with zero attached hydrogens (tertiary/aromatic N) is 2. The summed E-state index contributed by atoms with van der Waals surface area (Å²) in [5.74, 6) is 0.0691. The number of carbonyl (C=O) groups excluding carboxylic acids is 1. The summed E-state index contributed by atoms with van der Waals surface area (Å²) in [5, 5.41) is 1.57. The summed E-state index contributed by atoms with van der Waals surface area (Å²) in [4.78, 5) is 21.6. The summed E-state index contributed by atoms with van der Waals surface area (Å²) in [6.07, 6.45) is 1.53. The Labute approximate surface area is 135 Å². The van der Waals surface area contributed by atoms with Crippen LogP contribution in [0.5, 0.6) is 0 Å². The molecule has 2 heterocycles. The summed E-state index contributed by atoms with van der Waals surface area (Å²) in [7, 11) is 0. The summed E-state index contributed by atoms with van der Waals surface area (Å²) in [6.45, 7) is 1.89. The van der Waals surface area contributed by atoms with E-state index in [2.05, 4.69) is 9.97 Å². The molecule has 0 aliphatic carbocycles. The second-order valence-electron chi connectivity index (χ2n) is 4.42. The fourth-order valence-corrected chi connectivity index (χ4v) is 4.07. The molecular formula is C15H11ClN2OS2. The van der Waals surface area contributed by atoms with Gasteiger partial charge in [0, 0.05) is 5.39 Å². The predicted molar refractivity (Wildman–Crippen MR) is 88.5 cm³/mol. The number of thioether (sulfide) groups is 1. The molecule has 106 valence electrons. The molecule has 3 nitrogen and oxygen atoms in total. The highest BCUT2D eigenvalue weighted by molar-refractivity contribution is 8.00. The van der Waals surface area contributed by atoms with Gasteiger partial charge in [-0.05, 0) is 25.1 Å². The van der Waals surface area contributed by atoms with Crippen molar-refractivity contribution < 1.29 is 4.79 Å². The van der Waals surface area contributed by atoms with Crippen molar-refractivity contribution in [3.63, 3.8) is 0 Å². The number of aromatic nitrogens is 2. The zero-order chi connectivity index (χ0) is 14.8. The van der Waals surface area contributed by atoms with Gasteiger partial charge in [0.25, 0.3) is 0 Å². The highest BCUT2D eigenvalue weighted by atomic mass is 35.5. The summed E-state index contributed by atoms with van der Waals surface area (Å²) < 4.78 is 0.628. The number of halogens is 1. The van der Waals surface area contributed by atoms with Gasteiger partial charge in [0.1, 0.15) is 11.4 Å². The molecule has 0 N–H and O–H groups in total. The van der Waals surface area contributed by atoms with E-state index in [1.54, 1.807) is 12.1 Å². The van der Waals surface area contributed by atoms with Gasteiger partial charge in [-0.2, -0.15) is 0 Å². The SMILES string of the molecule is CC(Sc1ncnc2ccccc12)C(=O)c1ccc(Cl)s1. The predicted octanol–water partition coefficient (Wildman–Crippen LogP) is 4.71. The van der Waals surface area contributed by atoms with Crippen LogP contribution in [0.15, 0.2) is 47.8 Å². The fourth-order valence-electron chi connectivity index (χ4n) is 1.94. The van der Waals surface area contributed by atoms with E-state index < -0.39 is 0 Å². The van der Waals surface area contributed by atoms with Gasteiger partial charge in [0.2, 0.25) is 0 Å². The normalized spacial score (nSPS) is 12.5. The van der Waals surface area contributed by atoms with Gasteiger partial charge in [-0.3, -0.25) is 4.79 Å². The standard InChI is InChI=1S/C15H11ClN2OS2/c1-9(14(19)12-6-7-13(16)21-12)20-15-10-4-2-3-5-11(10)17-8-18-15/h2-9H,1H3. The van der Waals surface area contributed by atoms with Gasteiger partial charge in [-0.25, -0.2) is 9.97 Å². The first-order valence-electron chi connectivity index (χ1n) is 6.31. The van der Waals surface area contributed by atoms with Crippen molar-refractivity contribution in [3.05, 3.63) is 51.9 Å². The number of hydrogen-bond acceptors (Lipinski definition) is 5. The van der Waals surface area contributed by atoms with Crippen molar-refractivity contribution in [2.24, 2.45) is 0 Å². The van der Waals surface area contributed by atoms with Gasteiger partial charge in [0.05, 0.1) is 20.0 Å². The van der Waals surface area contributed by atoms with Gasteiger partial charge in [-0.1, -0.05) is 41.6 Å². The van der Waals surface area contributed by atoms with Gasteiger partial charge >= 0.3 is 0 Å². The third kappa shape index (κ3) is 3.10. The number of rotatable bonds is 4. The van der Waals surface area contributed by atoms with E-state index in [1.165, 1.54) is 29.4 Å². The minimum atomic E-state index is -0.224. The van der Waals surface area contributed by atoms with Crippen LogP contribution in [-0.4, -0.2) is 21.0 Å². The van der Waals surface area contributed by atoms with Crippen LogP contribution in [0.25, 0.3) is 10.9 Å². The Balaban J connectivity index is 1.86. The number of carbonyl (C=O) groups is 1. The van der Waals surface area contributed by atoms with E-state index >= 15 is 0 Å². The topological polar surface area (TPSA) is 42.9 Å². The number of benzene rings is 1. The number of para-hydroxylation sites is 1. The Hall–Kier alpha value is -1.43. The molecule has 3 rings (SSSR count). The molecule has 2 aromatic heterocycles. The Bertz CT molecular complexity index is 798. The first kappa shape index (κ1) is 14.5. The average Bonchev–Trinajstić information content (AvgIpc) is 2.93. The molecule has 0 amide bonds. The molecule has 0 saturated carbocycles. The second-order valence-corrected chi connectivity index (χ2v) is 7.47. The summed E-state index contributed by atoms with van der Waals surface area (Å²) in [6, 6.07) is 11.3. The van der Waals surface area contributed by atoms with Crippen LogP contribution >= 0.6 is 34.7 Å². The largest absolute Gasteiger partial charge is 0.292 e. The first-order chi connectivity index (χ1) is 10.1. The second kappa shape index (κ2) is 6.13. The van der Waals surface area contributed by atoms with Gasteiger partial charge in [0.15, 0.2) is 5.78 Å². The summed E-state index contributed by atoms with van der Waals surface area (Å²) in [5.41, 5.74) is 0.883. The van der Waals surface area contributed by atoms with Gasteiger partial charge < -0.3 is 0 Å². The molecule has 0 aliphatic heterocycles. The number of fused-ring (bicyclic) bond motifs is 1. The van der Waals surface area contributed by atoms with Crippen LogP contribution in [-0.2, 0) is 0 Å². The molecule has 0 bridgehead atoms. The first-order valence-corrected chi connectivity index (χ1v) is 8.38. The molecule has 1 atom stereocenters. The fraction of sp³-hybridized carbons (Fsp3) is 0.133. The van der Waals surface area contributed by atoms with Crippen LogP contribution < -0.4 is 0 Å². The molecule has 0 aliphatic rings. The third-order valence-electron chi connectivity index (χ3n) is 2.98. The maximum absolute atomic E-state index is 12.4. The number of thiophene rings is 1. The summed E-state index contributed by atoms with van der Waals surface area (Å²) >= 11 is 8.64. The number of hydrogen-bond donors (Lipinski definition) is 0. The molecule has 0 saturated heterocycles. The molecule has 0 fully saturated rings. The Morgan fingerprint density at radius 1 is 1.24 bits per heavy atom. The van der Waals surface area contributed by atoms with Crippen molar-refractivity contribution in [1.82, 2.24) is 9.97 Å². The molecule has 6 heteroatoms. The minimum absolute atomic E-state index is 0.0691. The minimum Gasteiger partial charge on any atom is -0.292 e. The monoisotopic (exact) mass is 334 g/mol. The van der Waals surface area contributed by atoms with Crippen LogP contribution in [0, 0.1) is 0 Å². The lowest BCUT2D eigenvalue weighted by atomic mass is 10.2. The maximum Gasteiger partial charge on any atom is 0.185 e. The van der Waals surface area contributed by atoms with Crippen molar-refractivity contribution >= 4 is 51.4 Å². The Morgan fingerprint density at radius 2 is 2.05 bits per heavy atom. The maximum atomic E-state index is 12.4. The quantitative estimate of drug-likeness (QED) is 0.394. The molecule has 0 radical (unpaired) electrons. The smallest absolute Gasteiger partial charge is 0.185 e. The van der Waals surface area contributed by atoms with Crippen LogP contribution in [0.3, 0.4) is 0 Å². The lowest BCUT2D eigenvalue weighted by Crippen LogP contribution is -2.12. The van der Waals surface area contributed by atoms with E-state index in [4.69, 9.17) is 11.6 Å². The Kier molecular flexibility index (Phi) is 4.24. The highest BCUT2D eigenvalue weighted by Gasteiger charge is 2.19. The van der Waals surface area contributed by atoms with Crippen molar-refractivity contribution in [2.45, 2.75) is 17.2 Å². The third-order valence-corrected chi connectivity index (χ3v) is 5.34. The zero-order valence-corrected chi connectivity index (χ0v) is 13.5. The molecule has 21 heavy (non-hydrogen) atoms. The van der Waals surface area contributed by atoms with Crippen molar-refractivity contribution in [1.29, 1.82) is 0 Å². The molecular weight excluding hydrogens is 324 g/mol. The van der Waals surface area contributed by atoms with Crippen molar-refractivity contribution in [3.8, 4) is 0 Å². The van der Waals surface area contributed by atoms with E-state index in [-0.39, 0.29) is 11.0 Å². The lowest BCUT2D eigenvalue weighted by molar-refractivity contribution is 0.0998.